The fourth-order valence-electron chi connectivity index (χ4n) is 4.56. The maximum Gasteiger partial charge on any atom is 0.243 e. The summed E-state index contributed by atoms with van der Waals surface area (Å²) in [6.45, 7) is 5.83. The molecule has 150 valence electrons. The van der Waals surface area contributed by atoms with Crippen molar-refractivity contribution >= 4 is 26.9 Å². The van der Waals surface area contributed by atoms with Gasteiger partial charge in [0, 0.05) is 25.7 Å². The van der Waals surface area contributed by atoms with Gasteiger partial charge in [-0.1, -0.05) is 29.8 Å². The highest BCUT2D eigenvalue weighted by Crippen LogP contribution is 2.37. The second-order valence-electron chi connectivity index (χ2n) is 8.12. The topological polar surface area (TPSA) is 66.4 Å². The summed E-state index contributed by atoms with van der Waals surface area (Å²) in [4.78, 5) is 11.9. The monoisotopic (exact) mass is 408 g/mol. The average Bonchev–Trinajstić information content (AvgIpc) is 2.68. The zero-order valence-corrected chi connectivity index (χ0v) is 17.4. The van der Waals surface area contributed by atoms with Gasteiger partial charge in [0.05, 0.1) is 22.1 Å². The number of nitrogens with zero attached hydrogens (tertiary/aromatic N) is 4. The van der Waals surface area contributed by atoms with E-state index in [1.165, 1.54) is 0 Å². The molecule has 2 atom stereocenters. The lowest BCUT2D eigenvalue weighted by Crippen LogP contribution is -2.65. The van der Waals surface area contributed by atoms with Crippen molar-refractivity contribution < 1.29 is 8.42 Å². The van der Waals surface area contributed by atoms with Crippen molar-refractivity contribution in [3.05, 3.63) is 59.8 Å². The third kappa shape index (κ3) is 3.09. The van der Waals surface area contributed by atoms with Crippen LogP contribution < -0.4 is 4.90 Å². The molecule has 29 heavy (non-hydrogen) atoms. The quantitative estimate of drug-likeness (QED) is 0.666. The number of para-hydroxylation sites is 2. The first-order valence-corrected chi connectivity index (χ1v) is 11.4. The van der Waals surface area contributed by atoms with Gasteiger partial charge >= 0.3 is 0 Å². The molecule has 2 unspecified atom stereocenters. The Kier molecular flexibility index (Phi) is 4.33. The standard InChI is InChI=1S/C22H24N4O2S/c1-15-7-8-21(16(2)11-15)29(27,28)25-10-9-17-13-26(20(17)14-25)22-12-23-18-5-3-4-6-19(18)24-22/h3-8,11-12,17,20H,9-10,13-14H2,1-2H3. The molecule has 3 aromatic rings. The fraction of sp³-hybridized carbons (Fsp3) is 0.364. The number of hydrogen-bond donors (Lipinski definition) is 0. The van der Waals surface area contributed by atoms with Crippen molar-refractivity contribution in [1.29, 1.82) is 0 Å². The van der Waals surface area contributed by atoms with Crippen LogP contribution in [0.2, 0.25) is 0 Å². The average molecular weight is 409 g/mol. The number of fused-ring (bicyclic) bond motifs is 2. The first-order valence-electron chi connectivity index (χ1n) is 9.99. The van der Waals surface area contributed by atoms with Crippen molar-refractivity contribution in [2.75, 3.05) is 24.5 Å². The highest BCUT2D eigenvalue weighted by molar-refractivity contribution is 7.89. The van der Waals surface area contributed by atoms with E-state index in [-0.39, 0.29) is 6.04 Å². The van der Waals surface area contributed by atoms with Gasteiger partial charge in [-0.25, -0.2) is 13.4 Å². The maximum absolute atomic E-state index is 13.3. The van der Waals surface area contributed by atoms with Crippen LogP contribution in [0.25, 0.3) is 11.0 Å². The molecule has 5 rings (SSSR count). The number of hydrogen-bond acceptors (Lipinski definition) is 5. The Morgan fingerprint density at radius 2 is 1.83 bits per heavy atom. The number of aromatic nitrogens is 2. The van der Waals surface area contributed by atoms with Gasteiger partial charge < -0.3 is 4.90 Å². The number of anilines is 1. The predicted octanol–water partition coefficient (Wildman–Crippen LogP) is 3.15. The van der Waals surface area contributed by atoms with Crippen LogP contribution in [-0.2, 0) is 10.0 Å². The van der Waals surface area contributed by atoms with Crippen molar-refractivity contribution in [2.24, 2.45) is 5.92 Å². The van der Waals surface area contributed by atoms with Crippen LogP contribution in [0.1, 0.15) is 17.5 Å². The number of sulfonamides is 1. The van der Waals surface area contributed by atoms with Crippen LogP contribution in [0.4, 0.5) is 5.82 Å². The molecule has 2 aromatic carbocycles. The summed E-state index contributed by atoms with van der Waals surface area (Å²) in [5.41, 5.74) is 3.61. The highest BCUT2D eigenvalue weighted by atomic mass is 32.2. The zero-order valence-electron chi connectivity index (χ0n) is 16.6. The van der Waals surface area contributed by atoms with Crippen LogP contribution in [0, 0.1) is 19.8 Å². The third-order valence-corrected chi connectivity index (χ3v) is 8.22. The first-order chi connectivity index (χ1) is 13.9. The summed E-state index contributed by atoms with van der Waals surface area (Å²) in [5.74, 6) is 1.34. The van der Waals surface area contributed by atoms with Crippen molar-refractivity contribution in [3.8, 4) is 0 Å². The third-order valence-electron chi connectivity index (χ3n) is 6.19. The van der Waals surface area contributed by atoms with Gasteiger partial charge in [0.2, 0.25) is 10.0 Å². The Morgan fingerprint density at radius 1 is 1.03 bits per heavy atom. The summed E-state index contributed by atoms with van der Waals surface area (Å²) in [7, 11) is -3.50. The Balaban J connectivity index is 1.41. The van der Waals surface area contributed by atoms with Gasteiger partial charge in [-0.3, -0.25) is 4.98 Å². The minimum Gasteiger partial charge on any atom is -0.350 e. The van der Waals surface area contributed by atoms with Crippen LogP contribution in [-0.4, -0.2) is 48.4 Å². The van der Waals surface area contributed by atoms with E-state index in [0.29, 0.717) is 23.9 Å². The van der Waals surface area contributed by atoms with E-state index in [1.807, 2.05) is 50.2 Å². The lowest BCUT2D eigenvalue weighted by atomic mass is 9.83. The van der Waals surface area contributed by atoms with Crippen molar-refractivity contribution in [1.82, 2.24) is 14.3 Å². The Morgan fingerprint density at radius 3 is 2.62 bits per heavy atom. The van der Waals surface area contributed by atoms with Gasteiger partial charge in [-0.05, 0) is 49.9 Å². The van der Waals surface area contributed by atoms with Crippen LogP contribution in [0.3, 0.4) is 0 Å². The molecule has 2 fully saturated rings. The van der Waals surface area contributed by atoms with Crippen molar-refractivity contribution in [2.45, 2.75) is 31.2 Å². The van der Waals surface area contributed by atoms with Crippen LogP contribution in [0.5, 0.6) is 0 Å². The molecule has 2 aliphatic heterocycles. The van der Waals surface area contributed by atoms with E-state index in [0.717, 1.165) is 40.9 Å². The molecule has 3 heterocycles. The van der Waals surface area contributed by atoms with Gasteiger partial charge in [0.1, 0.15) is 5.82 Å². The van der Waals surface area contributed by atoms with Crippen molar-refractivity contribution in [3.63, 3.8) is 0 Å². The van der Waals surface area contributed by atoms with E-state index < -0.39 is 10.0 Å². The molecule has 1 aromatic heterocycles. The summed E-state index contributed by atoms with van der Waals surface area (Å²) in [5, 5.41) is 0. The summed E-state index contributed by atoms with van der Waals surface area (Å²) in [6, 6.07) is 13.5. The van der Waals surface area contributed by atoms with E-state index >= 15 is 0 Å². The van der Waals surface area contributed by atoms with E-state index in [1.54, 1.807) is 16.6 Å². The number of aryl methyl sites for hydroxylation is 2. The molecule has 0 spiro atoms. The van der Waals surface area contributed by atoms with Gasteiger partial charge in [-0.2, -0.15) is 4.31 Å². The molecule has 0 radical (unpaired) electrons. The molecule has 0 N–H and O–H groups in total. The van der Waals surface area contributed by atoms with Crippen LogP contribution >= 0.6 is 0 Å². The zero-order chi connectivity index (χ0) is 20.2. The van der Waals surface area contributed by atoms with E-state index in [9.17, 15) is 8.42 Å². The molecule has 6 nitrogen and oxygen atoms in total. The number of piperidine rings is 1. The minimum atomic E-state index is -3.50. The molecule has 0 amide bonds. The largest absolute Gasteiger partial charge is 0.350 e. The highest BCUT2D eigenvalue weighted by Gasteiger charge is 2.46. The SMILES string of the molecule is Cc1ccc(S(=O)(=O)N2CCC3CN(c4cnc5ccccc5n4)C3C2)c(C)c1. The van der Waals surface area contributed by atoms with E-state index in [4.69, 9.17) is 4.98 Å². The van der Waals surface area contributed by atoms with Gasteiger partial charge in [0.15, 0.2) is 0 Å². The molecule has 2 aliphatic rings. The lowest BCUT2D eigenvalue weighted by molar-refractivity contribution is 0.170. The Bertz CT molecular complexity index is 1190. The molecular formula is C22H24N4O2S. The van der Waals surface area contributed by atoms with Gasteiger partial charge in [-0.15, -0.1) is 0 Å². The Hall–Kier alpha value is -2.51. The molecular weight excluding hydrogens is 384 g/mol. The number of benzene rings is 2. The second-order valence-corrected chi connectivity index (χ2v) is 10.0. The molecule has 0 aliphatic carbocycles. The summed E-state index contributed by atoms with van der Waals surface area (Å²) in [6.07, 6.45) is 2.68. The smallest absolute Gasteiger partial charge is 0.243 e. The van der Waals surface area contributed by atoms with Gasteiger partial charge in [0.25, 0.3) is 0 Å². The molecule has 0 bridgehead atoms. The fourth-order valence-corrected chi connectivity index (χ4v) is 6.24. The summed E-state index contributed by atoms with van der Waals surface area (Å²) >= 11 is 0. The minimum absolute atomic E-state index is 0.153. The maximum atomic E-state index is 13.3. The number of rotatable bonds is 3. The van der Waals surface area contributed by atoms with Crippen LogP contribution in [0.15, 0.2) is 53.6 Å². The molecule has 0 saturated carbocycles. The molecule has 7 heteroatoms. The Labute approximate surface area is 171 Å². The lowest BCUT2D eigenvalue weighted by Gasteiger charge is -2.53. The second kappa shape index (κ2) is 6.78. The normalized spacial score (nSPS) is 22.3. The first kappa shape index (κ1) is 18.5. The molecule has 2 saturated heterocycles. The predicted molar refractivity (Wildman–Crippen MR) is 113 cm³/mol. The summed E-state index contributed by atoms with van der Waals surface area (Å²) < 4.78 is 28.2. The van der Waals surface area contributed by atoms with E-state index in [2.05, 4.69) is 9.88 Å².